The van der Waals surface area contributed by atoms with Gasteiger partial charge in [0.05, 0.1) is 11.1 Å². The lowest BCUT2D eigenvalue weighted by molar-refractivity contribution is -0.142. The number of nitrogens with zero attached hydrogens (tertiary/aromatic N) is 1. The third-order valence-corrected chi connectivity index (χ3v) is 3.47. The van der Waals surface area contributed by atoms with Crippen molar-refractivity contribution >= 4 is 17.6 Å². The molecular formula is C14H15NO3. The molecule has 0 aromatic heterocycles. The fourth-order valence-electron chi connectivity index (χ4n) is 2.49. The molecule has 0 aromatic carbocycles. The van der Waals surface area contributed by atoms with E-state index in [9.17, 15) is 14.4 Å². The van der Waals surface area contributed by atoms with Crippen molar-refractivity contribution in [3.05, 3.63) is 36.5 Å². The Morgan fingerprint density at radius 1 is 0.944 bits per heavy atom. The molecule has 1 aliphatic heterocycles. The first kappa shape index (κ1) is 12.5. The zero-order valence-corrected chi connectivity index (χ0v) is 10.1. The fourth-order valence-corrected chi connectivity index (χ4v) is 2.49. The molecule has 0 atom stereocenters. The van der Waals surface area contributed by atoms with Crippen LogP contribution in [0.5, 0.6) is 0 Å². The Morgan fingerprint density at radius 2 is 1.39 bits per heavy atom. The minimum atomic E-state index is -0.316. The highest BCUT2D eigenvalue weighted by atomic mass is 16.2. The minimum Gasteiger partial charge on any atom is -0.300 e. The van der Waals surface area contributed by atoms with E-state index in [1.165, 1.54) is 17.1 Å². The van der Waals surface area contributed by atoms with Crippen LogP contribution in [-0.2, 0) is 14.4 Å². The van der Waals surface area contributed by atoms with Crippen molar-refractivity contribution in [2.45, 2.75) is 31.7 Å². The first-order valence-electron chi connectivity index (χ1n) is 5.99. The topological polar surface area (TPSA) is 54.5 Å². The summed E-state index contributed by atoms with van der Waals surface area (Å²) in [5.74, 6) is -0.431. The van der Waals surface area contributed by atoms with E-state index in [2.05, 4.69) is 13.2 Å². The maximum absolute atomic E-state index is 12.1. The van der Waals surface area contributed by atoms with E-state index >= 15 is 0 Å². The Kier molecular flexibility index (Phi) is 3.28. The molecule has 2 rings (SSSR count). The van der Waals surface area contributed by atoms with Crippen molar-refractivity contribution in [2.75, 3.05) is 0 Å². The number of Topliss-reactive ketones (excluding diaryl/α,β-unsaturated/α-hetero) is 1. The summed E-state index contributed by atoms with van der Waals surface area (Å²) in [6, 6.07) is -0.171. The summed E-state index contributed by atoms with van der Waals surface area (Å²) in [6.45, 7) is 7.12. The Balaban J connectivity index is 2.25. The Bertz CT molecular complexity index is 447. The monoisotopic (exact) mass is 245 g/mol. The van der Waals surface area contributed by atoms with Gasteiger partial charge in [-0.25, -0.2) is 0 Å². The zero-order chi connectivity index (χ0) is 13.3. The van der Waals surface area contributed by atoms with Gasteiger partial charge in [-0.3, -0.25) is 19.3 Å². The summed E-state index contributed by atoms with van der Waals surface area (Å²) in [5, 5.41) is 0. The van der Waals surface area contributed by atoms with Crippen LogP contribution in [0.1, 0.15) is 25.7 Å². The molecule has 0 unspecified atom stereocenters. The Hall–Kier alpha value is -1.97. The van der Waals surface area contributed by atoms with Crippen molar-refractivity contribution < 1.29 is 14.4 Å². The molecule has 1 heterocycles. The zero-order valence-electron chi connectivity index (χ0n) is 10.1. The van der Waals surface area contributed by atoms with E-state index in [1.54, 1.807) is 0 Å². The number of imide groups is 1. The van der Waals surface area contributed by atoms with Crippen molar-refractivity contribution in [1.82, 2.24) is 4.90 Å². The molecule has 2 aliphatic rings. The van der Waals surface area contributed by atoms with Crippen LogP contribution in [-0.4, -0.2) is 28.5 Å². The van der Waals surface area contributed by atoms with Gasteiger partial charge in [0.1, 0.15) is 5.78 Å². The van der Waals surface area contributed by atoms with Crippen molar-refractivity contribution in [3.8, 4) is 0 Å². The predicted molar refractivity (Wildman–Crippen MR) is 66.5 cm³/mol. The Morgan fingerprint density at radius 3 is 1.78 bits per heavy atom. The van der Waals surface area contributed by atoms with E-state index in [0.29, 0.717) is 36.8 Å². The van der Waals surface area contributed by atoms with E-state index in [4.69, 9.17) is 0 Å². The van der Waals surface area contributed by atoms with E-state index in [-0.39, 0.29) is 23.6 Å². The molecule has 4 nitrogen and oxygen atoms in total. The molecule has 1 fully saturated rings. The second-order valence-electron chi connectivity index (χ2n) is 4.49. The quantitative estimate of drug-likeness (QED) is 0.709. The number of carbonyl (C=O) groups excluding carboxylic acids is 3. The molecule has 0 spiro atoms. The molecule has 0 radical (unpaired) electrons. The van der Waals surface area contributed by atoms with Crippen LogP contribution in [0.2, 0.25) is 0 Å². The molecule has 4 heteroatoms. The highest BCUT2D eigenvalue weighted by molar-refractivity contribution is 6.22. The summed E-state index contributed by atoms with van der Waals surface area (Å²) in [4.78, 5) is 36.7. The number of amides is 2. The molecule has 0 bridgehead atoms. The van der Waals surface area contributed by atoms with Crippen LogP contribution in [0.15, 0.2) is 36.5 Å². The number of hydrogen-bond acceptors (Lipinski definition) is 3. The highest BCUT2D eigenvalue weighted by Crippen LogP contribution is 2.29. The lowest BCUT2D eigenvalue weighted by Crippen LogP contribution is -2.43. The molecule has 94 valence electrons. The van der Waals surface area contributed by atoms with Gasteiger partial charge in [0.25, 0.3) is 11.8 Å². The second-order valence-corrected chi connectivity index (χ2v) is 4.49. The SMILES string of the molecule is C=CC1=C(C=C)C(=O)N(C2CCC(=O)CC2)C1=O. The Labute approximate surface area is 106 Å². The van der Waals surface area contributed by atoms with Gasteiger partial charge in [-0.1, -0.05) is 25.3 Å². The number of ketones is 1. The van der Waals surface area contributed by atoms with Gasteiger partial charge in [0.15, 0.2) is 0 Å². The fraction of sp³-hybridized carbons (Fsp3) is 0.357. The van der Waals surface area contributed by atoms with Crippen molar-refractivity contribution in [2.24, 2.45) is 0 Å². The summed E-state index contributed by atoms with van der Waals surface area (Å²) >= 11 is 0. The number of rotatable bonds is 3. The number of hydrogen-bond donors (Lipinski definition) is 0. The predicted octanol–water partition coefficient (Wildman–Crippen LogP) is 1.54. The summed E-state index contributed by atoms with van der Waals surface area (Å²) in [5.41, 5.74) is 0.624. The lowest BCUT2D eigenvalue weighted by Gasteiger charge is -2.29. The summed E-state index contributed by atoms with van der Waals surface area (Å²) in [7, 11) is 0. The maximum atomic E-state index is 12.1. The normalized spacial score (nSPS) is 21.8. The lowest BCUT2D eigenvalue weighted by atomic mass is 9.93. The summed E-state index contributed by atoms with van der Waals surface area (Å²) < 4.78 is 0. The van der Waals surface area contributed by atoms with Crippen molar-refractivity contribution in [1.29, 1.82) is 0 Å². The maximum Gasteiger partial charge on any atom is 0.261 e. The van der Waals surface area contributed by atoms with E-state index in [1.807, 2.05) is 0 Å². The minimum absolute atomic E-state index is 0.171. The molecule has 0 saturated heterocycles. The molecule has 0 N–H and O–H groups in total. The molecule has 18 heavy (non-hydrogen) atoms. The average molecular weight is 245 g/mol. The van der Waals surface area contributed by atoms with Gasteiger partial charge < -0.3 is 0 Å². The smallest absolute Gasteiger partial charge is 0.261 e. The first-order valence-corrected chi connectivity index (χ1v) is 5.99. The molecule has 1 aliphatic carbocycles. The van der Waals surface area contributed by atoms with Gasteiger partial charge in [0, 0.05) is 18.9 Å². The van der Waals surface area contributed by atoms with Gasteiger partial charge in [-0.2, -0.15) is 0 Å². The van der Waals surface area contributed by atoms with Crippen LogP contribution in [0.4, 0.5) is 0 Å². The van der Waals surface area contributed by atoms with Gasteiger partial charge in [0.2, 0.25) is 0 Å². The summed E-state index contributed by atoms with van der Waals surface area (Å²) in [6.07, 6.45) is 4.79. The van der Waals surface area contributed by atoms with E-state index < -0.39 is 0 Å². The number of carbonyl (C=O) groups is 3. The van der Waals surface area contributed by atoms with Gasteiger partial charge >= 0.3 is 0 Å². The van der Waals surface area contributed by atoms with Crippen LogP contribution in [0, 0.1) is 0 Å². The van der Waals surface area contributed by atoms with Crippen molar-refractivity contribution in [3.63, 3.8) is 0 Å². The molecule has 0 aromatic rings. The van der Waals surface area contributed by atoms with Crippen LogP contribution < -0.4 is 0 Å². The third kappa shape index (κ3) is 1.83. The van der Waals surface area contributed by atoms with Gasteiger partial charge in [-0.15, -0.1) is 0 Å². The van der Waals surface area contributed by atoms with Crippen LogP contribution >= 0.6 is 0 Å². The molecule has 1 saturated carbocycles. The molecular weight excluding hydrogens is 230 g/mol. The second kappa shape index (κ2) is 4.72. The third-order valence-electron chi connectivity index (χ3n) is 3.47. The molecule has 2 amide bonds. The average Bonchev–Trinajstić information content (AvgIpc) is 2.61. The van der Waals surface area contributed by atoms with Crippen LogP contribution in [0.25, 0.3) is 0 Å². The first-order chi connectivity index (χ1) is 8.60. The van der Waals surface area contributed by atoms with Crippen LogP contribution in [0.3, 0.4) is 0 Å². The highest BCUT2D eigenvalue weighted by Gasteiger charge is 2.40. The largest absolute Gasteiger partial charge is 0.300 e. The van der Waals surface area contributed by atoms with Gasteiger partial charge in [-0.05, 0) is 12.8 Å². The standard InChI is InChI=1S/C14H15NO3/c1-3-11-12(4-2)14(18)15(13(11)17)9-5-7-10(16)8-6-9/h3-4,9H,1-2,5-8H2. The van der Waals surface area contributed by atoms with E-state index in [0.717, 1.165) is 0 Å².